The van der Waals surface area contributed by atoms with E-state index in [1.54, 1.807) is 19.2 Å². The van der Waals surface area contributed by atoms with Gasteiger partial charge < -0.3 is 15.4 Å². The van der Waals surface area contributed by atoms with Crippen LogP contribution in [0.4, 0.5) is 5.69 Å². The minimum atomic E-state index is -0.0407. The molecule has 0 fully saturated rings. The molecule has 0 saturated heterocycles. The van der Waals surface area contributed by atoms with Crippen molar-refractivity contribution in [3.63, 3.8) is 0 Å². The standard InChI is InChI=1S/C12H17ClN2O2/c1-17-7-3-6-14-12(16)9-15-11-5-2-4-10(13)8-11/h2,4-5,8,15H,3,6-7,9H2,1H3,(H,14,16). The van der Waals surface area contributed by atoms with Crippen molar-refractivity contribution in [2.45, 2.75) is 6.42 Å². The number of amides is 1. The number of hydrogen-bond acceptors (Lipinski definition) is 3. The molecule has 0 aliphatic heterocycles. The molecule has 1 aromatic carbocycles. The van der Waals surface area contributed by atoms with E-state index in [1.165, 1.54) is 0 Å². The van der Waals surface area contributed by atoms with Crippen molar-refractivity contribution in [2.75, 3.05) is 32.1 Å². The average Bonchev–Trinajstić information content (AvgIpc) is 2.32. The molecule has 0 aliphatic rings. The van der Waals surface area contributed by atoms with Gasteiger partial charge in [0.1, 0.15) is 0 Å². The maximum Gasteiger partial charge on any atom is 0.239 e. The van der Waals surface area contributed by atoms with E-state index in [-0.39, 0.29) is 12.5 Å². The number of hydrogen-bond donors (Lipinski definition) is 2. The zero-order valence-electron chi connectivity index (χ0n) is 9.83. The smallest absolute Gasteiger partial charge is 0.239 e. The molecule has 1 aromatic rings. The van der Waals surface area contributed by atoms with Gasteiger partial charge in [0.15, 0.2) is 0 Å². The van der Waals surface area contributed by atoms with Crippen molar-refractivity contribution in [3.05, 3.63) is 29.3 Å². The summed E-state index contributed by atoms with van der Waals surface area (Å²) in [5.41, 5.74) is 0.838. The molecule has 2 N–H and O–H groups in total. The fraction of sp³-hybridized carbons (Fsp3) is 0.417. The van der Waals surface area contributed by atoms with Crippen LogP contribution in [0.2, 0.25) is 5.02 Å². The molecule has 0 radical (unpaired) electrons. The number of methoxy groups -OCH3 is 1. The topological polar surface area (TPSA) is 50.4 Å². The second-order valence-corrected chi connectivity index (χ2v) is 4.00. The average molecular weight is 257 g/mol. The van der Waals surface area contributed by atoms with E-state index in [0.717, 1.165) is 12.1 Å². The summed E-state index contributed by atoms with van der Waals surface area (Å²) in [5.74, 6) is -0.0407. The number of carbonyl (C=O) groups excluding carboxylic acids is 1. The van der Waals surface area contributed by atoms with Crippen molar-refractivity contribution in [3.8, 4) is 0 Å². The Labute approximate surface area is 106 Å². The van der Waals surface area contributed by atoms with Gasteiger partial charge in [0.05, 0.1) is 6.54 Å². The van der Waals surface area contributed by atoms with Crippen LogP contribution >= 0.6 is 11.6 Å². The number of benzene rings is 1. The van der Waals surface area contributed by atoms with Gasteiger partial charge in [-0.2, -0.15) is 0 Å². The SMILES string of the molecule is COCCCNC(=O)CNc1cccc(Cl)c1. The van der Waals surface area contributed by atoms with Crippen molar-refractivity contribution < 1.29 is 9.53 Å². The molecule has 0 aromatic heterocycles. The van der Waals surface area contributed by atoms with Gasteiger partial charge in [-0.1, -0.05) is 17.7 Å². The van der Waals surface area contributed by atoms with E-state index in [4.69, 9.17) is 16.3 Å². The summed E-state index contributed by atoms with van der Waals surface area (Å²) < 4.78 is 4.88. The van der Waals surface area contributed by atoms with E-state index in [9.17, 15) is 4.79 Å². The van der Waals surface area contributed by atoms with Crippen LogP contribution in [0, 0.1) is 0 Å². The first kappa shape index (κ1) is 13.8. The summed E-state index contributed by atoms with van der Waals surface area (Å²) in [4.78, 5) is 11.4. The van der Waals surface area contributed by atoms with Crippen molar-refractivity contribution in [1.29, 1.82) is 0 Å². The molecule has 4 nitrogen and oxygen atoms in total. The first-order chi connectivity index (χ1) is 8.22. The molecule has 94 valence electrons. The summed E-state index contributed by atoms with van der Waals surface area (Å²) in [6.07, 6.45) is 0.819. The van der Waals surface area contributed by atoms with Gasteiger partial charge in [0.2, 0.25) is 5.91 Å². The highest BCUT2D eigenvalue weighted by molar-refractivity contribution is 6.30. The van der Waals surface area contributed by atoms with Gasteiger partial charge in [0.25, 0.3) is 0 Å². The third-order valence-electron chi connectivity index (χ3n) is 2.13. The Hall–Kier alpha value is -1.26. The normalized spacial score (nSPS) is 10.0. The van der Waals surface area contributed by atoms with Crippen LogP contribution in [0.1, 0.15) is 6.42 Å². The third-order valence-corrected chi connectivity index (χ3v) is 2.36. The quantitative estimate of drug-likeness (QED) is 0.733. The second-order valence-electron chi connectivity index (χ2n) is 3.56. The lowest BCUT2D eigenvalue weighted by Crippen LogP contribution is -2.31. The zero-order valence-corrected chi connectivity index (χ0v) is 10.6. The van der Waals surface area contributed by atoms with E-state index in [0.29, 0.717) is 18.2 Å². The third kappa shape index (κ3) is 6.14. The van der Waals surface area contributed by atoms with Crippen LogP contribution in [0.15, 0.2) is 24.3 Å². The van der Waals surface area contributed by atoms with E-state index in [2.05, 4.69) is 10.6 Å². The number of nitrogens with one attached hydrogen (secondary N) is 2. The Kier molecular flexibility index (Phi) is 6.43. The van der Waals surface area contributed by atoms with Crippen LogP contribution in [-0.4, -0.2) is 32.7 Å². The Bertz CT molecular complexity index is 358. The first-order valence-electron chi connectivity index (χ1n) is 5.47. The van der Waals surface area contributed by atoms with Crippen molar-refractivity contribution in [1.82, 2.24) is 5.32 Å². The molecule has 0 aliphatic carbocycles. The molecule has 0 heterocycles. The predicted octanol–water partition coefficient (Wildman–Crippen LogP) is 1.90. The Morgan fingerprint density at radius 1 is 1.47 bits per heavy atom. The van der Waals surface area contributed by atoms with Crippen LogP contribution in [0.5, 0.6) is 0 Å². The number of anilines is 1. The first-order valence-corrected chi connectivity index (χ1v) is 5.85. The Balaban J connectivity index is 2.19. The zero-order chi connectivity index (χ0) is 12.5. The maximum atomic E-state index is 11.4. The molecule has 0 spiro atoms. The van der Waals surface area contributed by atoms with E-state index >= 15 is 0 Å². The summed E-state index contributed by atoms with van der Waals surface area (Å²) in [5, 5.41) is 6.43. The van der Waals surface area contributed by atoms with Gasteiger partial charge in [-0.15, -0.1) is 0 Å². The lowest BCUT2D eigenvalue weighted by molar-refractivity contribution is -0.119. The Morgan fingerprint density at radius 2 is 2.29 bits per heavy atom. The molecule has 17 heavy (non-hydrogen) atoms. The number of carbonyl (C=O) groups is 1. The van der Waals surface area contributed by atoms with Crippen LogP contribution in [0.25, 0.3) is 0 Å². The van der Waals surface area contributed by atoms with Gasteiger partial charge in [-0.3, -0.25) is 4.79 Å². The largest absolute Gasteiger partial charge is 0.385 e. The van der Waals surface area contributed by atoms with Crippen LogP contribution in [0.3, 0.4) is 0 Å². The number of rotatable bonds is 7. The summed E-state index contributed by atoms with van der Waals surface area (Å²) in [6.45, 7) is 1.53. The van der Waals surface area contributed by atoms with Gasteiger partial charge in [0, 0.05) is 31.0 Å². The van der Waals surface area contributed by atoms with Crippen LogP contribution < -0.4 is 10.6 Å². The van der Waals surface area contributed by atoms with E-state index < -0.39 is 0 Å². The maximum absolute atomic E-state index is 11.4. The van der Waals surface area contributed by atoms with Crippen molar-refractivity contribution >= 4 is 23.2 Å². The molecule has 0 atom stereocenters. The Morgan fingerprint density at radius 3 is 3.00 bits per heavy atom. The lowest BCUT2D eigenvalue weighted by atomic mass is 10.3. The van der Waals surface area contributed by atoms with Crippen LogP contribution in [-0.2, 0) is 9.53 Å². The highest BCUT2D eigenvalue weighted by atomic mass is 35.5. The summed E-state index contributed by atoms with van der Waals surface area (Å²) >= 11 is 5.82. The second kappa shape index (κ2) is 7.92. The molecular weight excluding hydrogens is 240 g/mol. The summed E-state index contributed by atoms with van der Waals surface area (Å²) in [7, 11) is 1.64. The molecule has 1 amide bonds. The molecule has 0 saturated carbocycles. The highest BCUT2D eigenvalue weighted by Crippen LogP contribution is 2.14. The molecule has 1 rings (SSSR count). The fourth-order valence-corrected chi connectivity index (χ4v) is 1.48. The van der Waals surface area contributed by atoms with Crippen molar-refractivity contribution in [2.24, 2.45) is 0 Å². The predicted molar refractivity (Wildman–Crippen MR) is 69.4 cm³/mol. The molecule has 0 bridgehead atoms. The number of ether oxygens (including phenoxy) is 1. The van der Waals surface area contributed by atoms with E-state index in [1.807, 2.05) is 12.1 Å². The van der Waals surface area contributed by atoms with Gasteiger partial charge >= 0.3 is 0 Å². The van der Waals surface area contributed by atoms with Gasteiger partial charge in [-0.05, 0) is 24.6 Å². The summed E-state index contributed by atoms with van der Waals surface area (Å²) in [6, 6.07) is 7.27. The monoisotopic (exact) mass is 256 g/mol. The minimum Gasteiger partial charge on any atom is -0.385 e. The lowest BCUT2D eigenvalue weighted by Gasteiger charge is -2.07. The van der Waals surface area contributed by atoms with Gasteiger partial charge in [-0.25, -0.2) is 0 Å². The fourth-order valence-electron chi connectivity index (χ4n) is 1.29. The molecule has 5 heteroatoms. The number of halogens is 1. The molecule has 0 unspecified atom stereocenters. The minimum absolute atomic E-state index is 0.0407. The highest BCUT2D eigenvalue weighted by Gasteiger charge is 2.00. The molecular formula is C12H17ClN2O2.